The molecule has 1 aliphatic heterocycles. The number of amides is 2. The molecule has 1 unspecified atom stereocenters. The van der Waals surface area contributed by atoms with E-state index in [0.29, 0.717) is 6.42 Å². The number of rotatable bonds is 7. The van der Waals surface area contributed by atoms with E-state index >= 15 is 0 Å². The Labute approximate surface area is 104 Å². The maximum absolute atomic E-state index is 12.1. The Morgan fingerprint density at radius 1 is 1.29 bits per heavy atom. The van der Waals surface area contributed by atoms with E-state index in [1.165, 1.54) is 4.90 Å². The van der Waals surface area contributed by atoms with Crippen LogP contribution in [0.5, 0.6) is 0 Å². The van der Waals surface area contributed by atoms with Crippen molar-refractivity contribution in [2.45, 2.75) is 65.0 Å². The molecule has 1 rings (SSSR count). The molecule has 0 saturated carbocycles. The van der Waals surface area contributed by atoms with E-state index in [0.717, 1.165) is 32.2 Å². The number of nitrogens with one attached hydrogen (secondary N) is 1. The van der Waals surface area contributed by atoms with E-state index < -0.39 is 0 Å². The minimum Gasteiger partial charge on any atom is -0.305 e. The number of carbonyl (C=O) groups is 2. The predicted octanol–water partition coefficient (Wildman–Crippen LogP) is 1.69. The molecular formula is C13H24N2O2. The van der Waals surface area contributed by atoms with Crippen LogP contribution in [0.3, 0.4) is 0 Å². The summed E-state index contributed by atoms with van der Waals surface area (Å²) in [6, 6.07) is -0.206. The lowest BCUT2D eigenvalue weighted by atomic mass is 10.1. The van der Waals surface area contributed by atoms with Crippen LogP contribution >= 0.6 is 0 Å². The number of unbranched alkanes of at least 4 members (excludes halogenated alkanes) is 1. The van der Waals surface area contributed by atoms with Crippen molar-refractivity contribution in [3.8, 4) is 0 Å². The highest BCUT2D eigenvalue weighted by Gasteiger charge is 2.40. The summed E-state index contributed by atoms with van der Waals surface area (Å²) < 4.78 is 0. The van der Waals surface area contributed by atoms with Crippen molar-refractivity contribution in [2.24, 2.45) is 0 Å². The van der Waals surface area contributed by atoms with Crippen LogP contribution in [-0.2, 0) is 9.59 Å². The number of hydrogen-bond acceptors (Lipinski definition) is 3. The van der Waals surface area contributed by atoms with Crippen molar-refractivity contribution in [3.63, 3.8) is 0 Å². The zero-order chi connectivity index (χ0) is 12.8. The number of nitrogens with zero attached hydrogens (tertiary/aromatic N) is 1. The second-order valence-electron chi connectivity index (χ2n) is 4.64. The summed E-state index contributed by atoms with van der Waals surface area (Å²) >= 11 is 0. The fraction of sp³-hybridized carbons (Fsp3) is 0.846. The molecule has 1 heterocycles. The van der Waals surface area contributed by atoms with Crippen LogP contribution in [-0.4, -0.2) is 35.3 Å². The van der Waals surface area contributed by atoms with E-state index in [1.807, 2.05) is 13.8 Å². The SMILES string of the molecule is CCCCNC1CC(=O)N(C(CC)CC)C1=O. The van der Waals surface area contributed by atoms with Gasteiger partial charge in [-0.1, -0.05) is 27.2 Å². The highest BCUT2D eigenvalue weighted by Crippen LogP contribution is 2.20. The van der Waals surface area contributed by atoms with E-state index in [2.05, 4.69) is 12.2 Å². The molecule has 0 aliphatic carbocycles. The molecule has 0 spiro atoms. The molecule has 1 N–H and O–H groups in total. The molecule has 0 aromatic carbocycles. The summed E-state index contributed by atoms with van der Waals surface area (Å²) in [6.45, 7) is 6.97. The van der Waals surface area contributed by atoms with Gasteiger partial charge in [-0.3, -0.25) is 14.5 Å². The lowest BCUT2D eigenvalue weighted by Crippen LogP contribution is -2.43. The zero-order valence-electron chi connectivity index (χ0n) is 11.2. The van der Waals surface area contributed by atoms with Crippen molar-refractivity contribution in [1.82, 2.24) is 10.2 Å². The summed E-state index contributed by atoms with van der Waals surface area (Å²) in [5.74, 6) is -0.0440. The minimum atomic E-state index is -0.283. The van der Waals surface area contributed by atoms with Crippen LogP contribution in [0.25, 0.3) is 0 Å². The first-order chi connectivity index (χ1) is 8.15. The average molecular weight is 240 g/mol. The molecule has 4 heteroatoms. The lowest BCUT2D eigenvalue weighted by Gasteiger charge is -2.24. The molecule has 2 amide bonds. The van der Waals surface area contributed by atoms with Gasteiger partial charge in [-0.05, 0) is 25.8 Å². The quantitative estimate of drug-likeness (QED) is 0.544. The Morgan fingerprint density at radius 2 is 1.94 bits per heavy atom. The number of carbonyl (C=O) groups excluding carboxylic acids is 2. The highest BCUT2D eigenvalue weighted by molar-refractivity contribution is 6.05. The standard InChI is InChI=1S/C13H24N2O2/c1-4-7-8-14-11-9-12(16)15(13(11)17)10(5-2)6-3/h10-11,14H,4-9H2,1-3H3. The van der Waals surface area contributed by atoms with Gasteiger partial charge in [0.1, 0.15) is 0 Å². The van der Waals surface area contributed by atoms with Crippen molar-refractivity contribution in [1.29, 1.82) is 0 Å². The van der Waals surface area contributed by atoms with Gasteiger partial charge in [-0.15, -0.1) is 0 Å². The molecule has 4 nitrogen and oxygen atoms in total. The van der Waals surface area contributed by atoms with Gasteiger partial charge in [0.15, 0.2) is 0 Å². The van der Waals surface area contributed by atoms with Gasteiger partial charge in [0, 0.05) is 6.04 Å². The molecule has 0 radical (unpaired) electrons. The van der Waals surface area contributed by atoms with Gasteiger partial charge in [0.25, 0.3) is 0 Å². The van der Waals surface area contributed by atoms with Crippen molar-refractivity contribution >= 4 is 11.8 Å². The zero-order valence-corrected chi connectivity index (χ0v) is 11.2. The van der Waals surface area contributed by atoms with Gasteiger partial charge in [-0.2, -0.15) is 0 Å². The molecule has 0 aromatic rings. The van der Waals surface area contributed by atoms with Gasteiger partial charge >= 0.3 is 0 Å². The summed E-state index contributed by atoms with van der Waals surface area (Å²) in [7, 11) is 0. The van der Waals surface area contributed by atoms with Crippen LogP contribution < -0.4 is 5.32 Å². The van der Waals surface area contributed by atoms with Gasteiger partial charge in [-0.25, -0.2) is 0 Å². The molecule has 1 fully saturated rings. The topological polar surface area (TPSA) is 49.4 Å². The fourth-order valence-corrected chi connectivity index (χ4v) is 2.30. The third-order valence-electron chi connectivity index (χ3n) is 3.41. The smallest absolute Gasteiger partial charge is 0.247 e. The second-order valence-corrected chi connectivity index (χ2v) is 4.64. The van der Waals surface area contributed by atoms with Crippen molar-refractivity contribution in [3.05, 3.63) is 0 Å². The monoisotopic (exact) mass is 240 g/mol. The molecule has 17 heavy (non-hydrogen) atoms. The maximum Gasteiger partial charge on any atom is 0.247 e. The predicted molar refractivity (Wildman–Crippen MR) is 67.5 cm³/mol. The molecule has 1 aliphatic rings. The molecule has 1 saturated heterocycles. The first kappa shape index (κ1) is 14.2. The van der Waals surface area contributed by atoms with Crippen molar-refractivity contribution < 1.29 is 9.59 Å². The number of likely N-dealkylation sites (tertiary alicyclic amines) is 1. The van der Waals surface area contributed by atoms with Crippen LogP contribution in [0.15, 0.2) is 0 Å². The molecule has 0 aromatic heterocycles. The second kappa shape index (κ2) is 6.74. The minimum absolute atomic E-state index is 0.0160. The average Bonchev–Trinajstić information content (AvgIpc) is 2.59. The molecule has 98 valence electrons. The first-order valence-corrected chi connectivity index (χ1v) is 6.74. The molecule has 1 atom stereocenters. The third-order valence-corrected chi connectivity index (χ3v) is 3.41. The summed E-state index contributed by atoms with van der Waals surface area (Å²) in [4.78, 5) is 25.4. The summed E-state index contributed by atoms with van der Waals surface area (Å²) in [5.41, 5.74) is 0. The van der Waals surface area contributed by atoms with Gasteiger partial charge < -0.3 is 5.32 Å². The van der Waals surface area contributed by atoms with Crippen LogP contribution in [0.2, 0.25) is 0 Å². The Balaban J connectivity index is 2.58. The molecular weight excluding hydrogens is 216 g/mol. The summed E-state index contributed by atoms with van der Waals surface area (Å²) in [6.07, 6.45) is 4.16. The highest BCUT2D eigenvalue weighted by atomic mass is 16.2. The van der Waals surface area contributed by atoms with E-state index in [1.54, 1.807) is 0 Å². The van der Waals surface area contributed by atoms with Crippen LogP contribution in [0.4, 0.5) is 0 Å². The van der Waals surface area contributed by atoms with E-state index in [-0.39, 0.29) is 23.9 Å². The number of hydrogen-bond donors (Lipinski definition) is 1. The van der Waals surface area contributed by atoms with Gasteiger partial charge in [0.2, 0.25) is 11.8 Å². The normalized spacial score (nSPS) is 20.7. The third kappa shape index (κ3) is 3.28. The van der Waals surface area contributed by atoms with Crippen LogP contribution in [0.1, 0.15) is 52.9 Å². The lowest BCUT2D eigenvalue weighted by molar-refractivity contribution is -0.141. The van der Waals surface area contributed by atoms with Crippen molar-refractivity contribution in [2.75, 3.05) is 6.54 Å². The number of imide groups is 1. The van der Waals surface area contributed by atoms with E-state index in [9.17, 15) is 9.59 Å². The largest absolute Gasteiger partial charge is 0.305 e. The Kier molecular flexibility index (Phi) is 5.62. The fourth-order valence-electron chi connectivity index (χ4n) is 2.30. The Hall–Kier alpha value is -0.900. The summed E-state index contributed by atoms with van der Waals surface area (Å²) in [5, 5.41) is 3.18. The Morgan fingerprint density at radius 3 is 2.47 bits per heavy atom. The Bertz CT molecular complexity index is 275. The first-order valence-electron chi connectivity index (χ1n) is 6.74. The van der Waals surface area contributed by atoms with Crippen LogP contribution in [0, 0.1) is 0 Å². The van der Waals surface area contributed by atoms with Gasteiger partial charge in [0.05, 0.1) is 12.5 Å². The van der Waals surface area contributed by atoms with E-state index in [4.69, 9.17) is 0 Å². The molecule has 0 bridgehead atoms. The maximum atomic E-state index is 12.1.